The van der Waals surface area contributed by atoms with E-state index in [1.807, 2.05) is 17.9 Å². The van der Waals surface area contributed by atoms with Crippen LogP contribution in [0.15, 0.2) is 12.4 Å². The zero-order valence-corrected chi connectivity index (χ0v) is 10.2. The minimum absolute atomic E-state index is 0.658. The Labute approximate surface area is 92.9 Å². The summed E-state index contributed by atoms with van der Waals surface area (Å²) in [6.07, 6.45) is 9.09. The number of nitrogens with zero attached hydrogens (tertiary/aromatic N) is 2. The van der Waals surface area contributed by atoms with Gasteiger partial charge in [-0.2, -0.15) is 5.10 Å². The number of aryl methyl sites for hydroxylation is 1. The minimum Gasteiger partial charge on any atom is -0.310 e. The quantitative estimate of drug-likeness (QED) is 0.747. The molecule has 86 valence electrons. The van der Waals surface area contributed by atoms with Gasteiger partial charge >= 0.3 is 0 Å². The van der Waals surface area contributed by atoms with Crippen LogP contribution < -0.4 is 5.32 Å². The molecule has 0 aromatic carbocycles. The molecule has 0 unspecified atom stereocenters. The smallest absolute Gasteiger partial charge is 0.0534 e. The van der Waals surface area contributed by atoms with Crippen LogP contribution >= 0.6 is 0 Å². The second-order valence-corrected chi connectivity index (χ2v) is 4.15. The third-order valence-electron chi connectivity index (χ3n) is 2.75. The van der Waals surface area contributed by atoms with Crippen molar-refractivity contribution in [1.82, 2.24) is 15.1 Å². The molecule has 1 atom stereocenters. The first-order valence-corrected chi connectivity index (χ1v) is 5.97. The van der Waals surface area contributed by atoms with E-state index in [0.29, 0.717) is 6.04 Å². The number of aromatic nitrogens is 2. The highest BCUT2D eigenvalue weighted by atomic mass is 15.2. The summed E-state index contributed by atoms with van der Waals surface area (Å²) in [6, 6.07) is 0.658. The van der Waals surface area contributed by atoms with Crippen molar-refractivity contribution < 1.29 is 0 Å². The normalized spacial score (nSPS) is 13.0. The van der Waals surface area contributed by atoms with Crippen molar-refractivity contribution in [1.29, 1.82) is 0 Å². The van der Waals surface area contributed by atoms with E-state index >= 15 is 0 Å². The summed E-state index contributed by atoms with van der Waals surface area (Å²) < 4.78 is 1.85. The van der Waals surface area contributed by atoms with Crippen LogP contribution in [0.1, 0.15) is 45.1 Å². The zero-order chi connectivity index (χ0) is 11.1. The van der Waals surface area contributed by atoms with Gasteiger partial charge in [0, 0.05) is 31.4 Å². The summed E-state index contributed by atoms with van der Waals surface area (Å²) in [6.45, 7) is 5.43. The van der Waals surface area contributed by atoms with Gasteiger partial charge in [0.25, 0.3) is 0 Å². The minimum atomic E-state index is 0.658. The van der Waals surface area contributed by atoms with E-state index in [2.05, 4.69) is 30.5 Å². The van der Waals surface area contributed by atoms with Gasteiger partial charge < -0.3 is 5.32 Å². The Bertz CT molecular complexity index is 268. The van der Waals surface area contributed by atoms with Crippen molar-refractivity contribution in [2.45, 2.75) is 52.1 Å². The van der Waals surface area contributed by atoms with Crippen molar-refractivity contribution >= 4 is 0 Å². The van der Waals surface area contributed by atoms with Crippen molar-refractivity contribution in [2.24, 2.45) is 7.05 Å². The van der Waals surface area contributed by atoms with Crippen LogP contribution in [0, 0.1) is 0 Å². The Morgan fingerprint density at radius 1 is 1.47 bits per heavy atom. The molecule has 1 heterocycles. The Morgan fingerprint density at radius 2 is 2.27 bits per heavy atom. The van der Waals surface area contributed by atoms with E-state index in [1.165, 1.54) is 31.2 Å². The summed E-state index contributed by atoms with van der Waals surface area (Å²) in [4.78, 5) is 0. The lowest BCUT2D eigenvalue weighted by atomic mass is 10.1. The van der Waals surface area contributed by atoms with Gasteiger partial charge in [0.1, 0.15) is 0 Å². The summed E-state index contributed by atoms with van der Waals surface area (Å²) in [5.41, 5.74) is 1.27. The number of unbranched alkanes of at least 4 members (excludes halogenated alkanes) is 1. The molecular weight excluding hydrogens is 186 g/mol. The maximum absolute atomic E-state index is 4.16. The molecule has 0 saturated carbocycles. The lowest BCUT2D eigenvalue weighted by Gasteiger charge is -2.15. The predicted molar refractivity (Wildman–Crippen MR) is 63.7 cm³/mol. The molecular formula is C12H23N3. The van der Waals surface area contributed by atoms with Gasteiger partial charge in [0.05, 0.1) is 6.20 Å². The first kappa shape index (κ1) is 12.2. The lowest BCUT2D eigenvalue weighted by Crippen LogP contribution is -2.27. The lowest BCUT2D eigenvalue weighted by molar-refractivity contribution is 0.452. The molecule has 1 aromatic heterocycles. The molecule has 1 rings (SSSR count). The van der Waals surface area contributed by atoms with Crippen LogP contribution in [0.4, 0.5) is 0 Å². The Hall–Kier alpha value is -0.830. The summed E-state index contributed by atoms with van der Waals surface area (Å²) in [5, 5.41) is 7.74. The SMILES string of the molecule is CCCC[C@H](CC)NCc1cnn(C)c1. The van der Waals surface area contributed by atoms with Crippen LogP contribution in [0.25, 0.3) is 0 Å². The van der Waals surface area contributed by atoms with Gasteiger partial charge in [-0.1, -0.05) is 26.7 Å². The van der Waals surface area contributed by atoms with Crippen molar-refractivity contribution in [3.63, 3.8) is 0 Å². The second kappa shape index (κ2) is 6.62. The van der Waals surface area contributed by atoms with E-state index in [4.69, 9.17) is 0 Å². The molecule has 0 bridgehead atoms. The molecule has 0 aliphatic heterocycles. The number of rotatable bonds is 7. The maximum Gasteiger partial charge on any atom is 0.0534 e. The Morgan fingerprint density at radius 3 is 2.80 bits per heavy atom. The van der Waals surface area contributed by atoms with Crippen LogP contribution in [-0.2, 0) is 13.6 Å². The number of hydrogen-bond donors (Lipinski definition) is 1. The van der Waals surface area contributed by atoms with Gasteiger partial charge in [-0.05, 0) is 12.8 Å². The monoisotopic (exact) mass is 209 g/mol. The van der Waals surface area contributed by atoms with Crippen molar-refractivity contribution in [2.75, 3.05) is 0 Å². The van der Waals surface area contributed by atoms with Gasteiger partial charge in [0.2, 0.25) is 0 Å². The fraction of sp³-hybridized carbons (Fsp3) is 0.750. The third kappa shape index (κ3) is 4.47. The molecule has 0 radical (unpaired) electrons. The molecule has 1 N–H and O–H groups in total. The molecule has 3 heteroatoms. The standard InChI is InChI=1S/C12H23N3/c1-4-6-7-12(5-2)13-8-11-9-14-15(3)10-11/h9-10,12-13H,4-8H2,1-3H3/t12-/m0/s1. The Balaban J connectivity index is 2.27. The highest BCUT2D eigenvalue weighted by Gasteiger charge is 2.05. The van der Waals surface area contributed by atoms with Crippen LogP contribution in [0.3, 0.4) is 0 Å². The predicted octanol–water partition coefficient (Wildman–Crippen LogP) is 2.48. The first-order valence-electron chi connectivity index (χ1n) is 5.97. The van der Waals surface area contributed by atoms with E-state index < -0.39 is 0 Å². The number of nitrogens with one attached hydrogen (secondary N) is 1. The summed E-state index contributed by atoms with van der Waals surface area (Å²) >= 11 is 0. The highest BCUT2D eigenvalue weighted by Crippen LogP contribution is 2.05. The third-order valence-corrected chi connectivity index (χ3v) is 2.75. The number of hydrogen-bond acceptors (Lipinski definition) is 2. The molecule has 0 aliphatic rings. The van der Waals surface area contributed by atoms with E-state index in [-0.39, 0.29) is 0 Å². The average Bonchev–Trinajstić information content (AvgIpc) is 2.65. The Kier molecular flexibility index (Phi) is 5.40. The van der Waals surface area contributed by atoms with Crippen molar-refractivity contribution in [3.05, 3.63) is 18.0 Å². The molecule has 3 nitrogen and oxygen atoms in total. The van der Waals surface area contributed by atoms with Crippen LogP contribution in [-0.4, -0.2) is 15.8 Å². The largest absolute Gasteiger partial charge is 0.310 e. The van der Waals surface area contributed by atoms with E-state index in [1.54, 1.807) is 0 Å². The molecule has 0 aliphatic carbocycles. The molecule has 0 amide bonds. The van der Waals surface area contributed by atoms with Gasteiger partial charge in [0.15, 0.2) is 0 Å². The molecule has 0 spiro atoms. The topological polar surface area (TPSA) is 29.9 Å². The molecule has 1 aromatic rings. The van der Waals surface area contributed by atoms with E-state index in [9.17, 15) is 0 Å². The summed E-state index contributed by atoms with van der Waals surface area (Å²) in [7, 11) is 1.96. The average molecular weight is 209 g/mol. The van der Waals surface area contributed by atoms with E-state index in [0.717, 1.165) is 6.54 Å². The molecule has 0 saturated heterocycles. The summed E-state index contributed by atoms with van der Waals surface area (Å²) in [5.74, 6) is 0. The first-order chi connectivity index (χ1) is 7.26. The maximum atomic E-state index is 4.16. The second-order valence-electron chi connectivity index (χ2n) is 4.15. The zero-order valence-electron chi connectivity index (χ0n) is 10.2. The molecule has 0 fully saturated rings. The fourth-order valence-corrected chi connectivity index (χ4v) is 1.73. The van der Waals surface area contributed by atoms with Crippen molar-refractivity contribution in [3.8, 4) is 0 Å². The highest BCUT2D eigenvalue weighted by molar-refractivity contribution is 5.03. The van der Waals surface area contributed by atoms with Gasteiger partial charge in [-0.3, -0.25) is 4.68 Å². The van der Waals surface area contributed by atoms with Gasteiger partial charge in [-0.15, -0.1) is 0 Å². The van der Waals surface area contributed by atoms with Crippen LogP contribution in [0.5, 0.6) is 0 Å². The molecule has 15 heavy (non-hydrogen) atoms. The fourth-order valence-electron chi connectivity index (χ4n) is 1.73. The van der Waals surface area contributed by atoms with Gasteiger partial charge in [-0.25, -0.2) is 0 Å². The van der Waals surface area contributed by atoms with Crippen LogP contribution in [0.2, 0.25) is 0 Å².